The van der Waals surface area contributed by atoms with Crippen molar-refractivity contribution in [2.24, 2.45) is 12.8 Å². The zero-order valence-electron chi connectivity index (χ0n) is 22.5. The smallest absolute Gasteiger partial charge is 0.264 e. The second kappa shape index (κ2) is 10.1. The van der Waals surface area contributed by atoms with E-state index in [9.17, 15) is 8.42 Å². The molecule has 0 aliphatic rings. The van der Waals surface area contributed by atoms with Gasteiger partial charge in [0.1, 0.15) is 11.7 Å². The second-order valence-electron chi connectivity index (χ2n) is 9.87. The summed E-state index contributed by atoms with van der Waals surface area (Å²) >= 11 is 0. The Morgan fingerprint density at radius 1 is 0.923 bits per heavy atom. The van der Waals surface area contributed by atoms with Crippen molar-refractivity contribution in [3.63, 3.8) is 0 Å². The number of amidine groups is 1. The van der Waals surface area contributed by atoms with Crippen LogP contribution in [0.4, 0.5) is 11.4 Å². The molecule has 5 aromatic rings. The first-order chi connectivity index (χ1) is 18.6. The Hall–Kier alpha value is -4.37. The highest BCUT2D eigenvalue weighted by Gasteiger charge is 2.25. The number of anilines is 2. The van der Waals surface area contributed by atoms with Crippen LogP contribution in [0.3, 0.4) is 0 Å². The molecule has 0 bridgehead atoms. The molecular weight excluding hydrogens is 508 g/mol. The van der Waals surface area contributed by atoms with E-state index in [1.165, 1.54) is 4.31 Å². The Morgan fingerprint density at radius 3 is 2.31 bits per heavy atom. The Kier molecular flexibility index (Phi) is 6.78. The zero-order valence-corrected chi connectivity index (χ0v) is 23.3. The van der Waals surface area contributed by atoms with E-state index in [2.05, 4.69) is 0 Å². The number of imidazole rings is 1. The summed E-state index contributed by atoms with van der Waals surface area (Å²) < 4.78 is 31.0. The Bertz CT molecular complexity index is 1810. The molecule has 39 heavy (non-hydrogen) atoms. The molecule has 1 aromatic heterocycles. The van der Waals surface area contributed by atoms with E-state index in [4.69, 9.17) is 16.1 Å². The van der Waals surface area contributed by atoms with E-state index in [-0.39, 0.29) is 10.7 Å². The van der Waals surface area contributed by atoms with Gasteiger partial charge < -0.3 is 15.2 Å². The van der Waals surface area contributed by atoms with Crippen LogP contribution >= 0.6 is 0 Å². The molecule has 5 rings (SSSR count). The summed E-state index contributed by atoms with van der Waals surface area (Å²) in [6.45, 7) is 0. The number of nitrogens with zero attached hydrogens (tertiary/aromatic N) is 4. The van der Waals surface area contributed by atoms with Crippen molar-refractivity contribution in [3.8, 4) is 0 Å². The maximum absolute atomic E-state index is 13.8. The summed E-state index contributed by atoms with van der Waals surface area (Å²) in [4.78, 5) is 7.08. The lowest BCUT2D eigenvalue weighted by Gasteiger charge is -2.22. The van der Waals surface area contributed by atoms with Gasteiger partial charge in [-0.15, -0.1) is 0 Å². The van der Waals surface area contributed by atoms with E-state index in [0.717, 1.165) is 46.3 Å². The number of aryl methyl sites for hydroxylation is 3. The molecule has 0 aliphatic heterocycles. The Balaban J connectivity index is 1.44. The minimum absolute atomic E-state index is 0.0541. The van der Waals surface area contributed by atoms with E-state index < -0.39 is 10.0 Å². The average Bonchev–Trinajstić information content (AvgIpc) is 3.25. The topological polar surface area (TPSA) is 108 Å². The van der Waals surface area contributed by atoms with Gasteiger partial charge in [-0.2, -0.15) is 0 Å². The van der Waals surface area contributed by atoms with Gasteiger partial charge >= 0.3 is 0 Å². The molecule has 0 spiro atoms. The lowest BCUT2D eigenvalue weighted by Crippen LogP contribution is -2.26. The summed E-state index contributed by atoms with van der Waals surface area (Å²) in [7, 11) is 3.62. The number of nitrogens with two attached hydrogens (primary N) is 1. The molecule has 200 valence electrons. The third-order valence-corrected chi connectivity index (χ3v) is 9.05. The lowest BCUT2D eigenvalue weighted by atomic mass is 10.1. The fourth-order valence-electron chi connectivity index (χ4n) is 4.93. The SMILES string of the molecule is CN(C)c1cccc2c(S(=O)(=O)N(C)c3ccc4c(c3)nc(CCc3ccc(C(=N)N)cc3)n4C)cccc12. The summed E-state index contributed by atoms with van der Waals surface area (Å²) in [5.41, 5.74) is 10.6. The molecule has 0 aliphatic carbocycles. The fourth-order valence-corrected chi connectivity index (χ4v) is 6.32. The quantitative estimate of drug-likeness (QED) is 0.219. The van der Waals surface area contributed by atoms with Crippen LogP contribution in [0.1, 0.15) is 17.0 Å². The Labute approximate surface area is 228 Å². The van der Waals surface area contributed by atoms with E-state index in [0.29, 0.717) is 16.6 Å². The Morgan fingerprint density at radius 2 is 1.62 bits per heavy atom. The second-order valence-corrected chi connectivity index (χ2v) is 11.8. The predicted molar refractivity (Wildman–Crippen MR) is 159 cm³/mol. The molecule has 3 N–H and O–H groups in total. The molecule has 1 heterocycles. The standard InChI is InChI=1S/C30H32N6O2S/c1-34(2)26-9-5-8-24-23(26)7-6-10-28(24)39(37,38)36(4)22-16-17-27-25(19-22)33-29(35(27)3)18-13-20-11-14-21(15-12-20)30(31)32/h5-12,14-17,19H,13,18H2,1-4H3,(H3,31,32). The first-order valence-corrected chi connectivity index (χ1v) is 14.1. The molecule has 0 atom stereocenters. The van der Waals surface area contributed by atoms with Gasteiger partial charge in [-0.3, -0.25) is 9.71 Å². The highest BCUT2D eigenvalue weighted by Crippen LogP contribution is 2.33. The summed E-state index contributed by atoms with van der Waals surface area (Å²) in [5, 5.41) is 9.12. The van der Waals surface area contributed by atoms with Crippen LogP contribution in [0.2, 0.25) is 0 Å². The highest BCUT2D eigenvalue weighted by atomic mass is 32.2. The fraction of sp³-hybridized carbons (Fsp3) is 0.200. The van der Waals surface area contributed by atoms with E-state index >= 15 is 0 Å². The summed E-state index contributed by atoms with van der Waals surface area (Å²) in [6.07, 6.45) is 1.50. The maximum Gasteiger partial charge on any atom is 0.264 e. The largest absolute Gasteiger partial charge is 0.384 e. The summed E-state index contributed by atoms with van der Waals surface area (Å²) in [5.74, 6) is 0.965. The van der Waals surface area contributed by atoms with Crippen LogP contribution < -0.4 is 14.9 Å². The number of rotatable bonds is 8. The van der Waals surface area contributed by atoms with Gasteiger partial charge in [0, 0.05) is 56.6 Å². The van der Waals surface area contributed by atoms with Gasteiger partial charge in [-0.05, 0) is 42.3 Å². The number of nitrogen functional groups attached to an aromatic ring is 1. The van der Waals surface area contributed by atoms with Gasteiger partial charge in [0.15, 0.2) is 0 Å². The molecule has 0 fully saturated rings. The normalized spacial score (nSPS) is 11.7. The third kappa shape index (κ3) is 4.81. The number of aromatic nitrogens is 2. The summed E-state index contributed by atoms with van der Waals surface area (Å²) in [6, 6.07) is 24.3. The van der Waals surface area contributed by atoms with Crippen molar-refractivity contribution in [3.05, 3.63) is 95.8 Å². The molecule has 8 nitrogen and oxygen atoms in total. The van der Waals surface area contributed by atoms with Gasteiger partial charge in [0.25, 0.3) is 10.0 Å². The van der Waals surface area contributed by atoms with Crippen LogP contribution in [-0.4, -0.2) is 44.9 Å². The molecule has 4 aromatic carbocycles. The van der Waals surface area contributed by atoms with Gasteiger partial charge in [0.2, 0.25) is 0 Å². The lowest BCUT2D eigenvalue weighted by molar-refractivity contribution is 0.595. The van der Waals surface area contributed by atoms with Crippen molar-refractivity contribution in [2.75, 3.05) is 30.3 Å². The number of hydrogen-bond donors (Lipinski definition) is 2. The molecule has 0 unspecified atom stereocenters. The molecule has 0 radical (unpaired) electrons. The number of benzene rings is 4. The molecule has 9 heteroatoms. The van der Waals surface area contributed by atoms with Crippen molar-refractivity contribution in [1.29, 1.82) is 5.41 Å². The number of sulfonamides is 1. The minimum atomic E-state index is -3.83. The average molecular weight is 541 g/mol. The van der Waals surface area contributed by atoms with Crippen molar-refractivity contribution in [2.45, 2.75) is 17.7 Å². The first kappa shape index (κ1) is 26.2. The van der Waals surface area contributed by atoms with Gasteiger partial charge in [-0.25, -0.2) is 13.4 Å². The molecule has 0 saturated heterocycles. The van der Waals surface area contributed by atoms with Crippen LogP contribution in [0.5, 0.6) is 0 Å². The van der Waals surface area contributed by atoms with Crippen LogP contribution in [0.15, 0.2) is 83.8 Å². The number of fused-ring (bicyclic) bond motifs is 2. The predicted octanol–water partition coefficient (Wildman–Crippen LogP) is 4.69. The van der Waals surface area contributed by atoms with Crippen molar-refractivity contribution in [1.82, 2.24) is 9.55 Å². The molecule has 0 amide bonds. The van der Waals surface area contributed by atoms with E-state index in [1.807, 2.05) is 97.3 Å². The maximum atomic E-state index is 13.8. The zero-order chi connectivity index (χ0) is 27.9. The van der Waals surface area contributed by atoms with Gasteiger partial charge in [-0.1, -0.05) is 48.5 Å². The highest BCUT2D eigenvalue weighted by molar-refractivity contribution is 7.93. The van der Waals surface area contributed by atoms with Crippen LogP contribution in [-0.2, 0) is 29.9 Å². The third-order valence-electron chi connectivity index (χ3n) is 7.20. The number of nitrogens with one attached hydrogen (secondary N) is 1. The molecular formula is C30H32N6O2S. The molecule has 0 saturated carbocycles. The van der Waals surface area contributed by atoms with E-state index in [1.54, 1.807) is 19.2 Å². The van der Waals surface area contributed by atoms with Crippen molar-refractivity contribution < 1.29 is 8.42 Å². The van der Waals surface area contributed by atoms with Crippen LogP contribution in [0, 0.1) is 5.41 Å². The van der Waals surface area contributed by atoms with Crippen molar-refractivity contribution >= 4 is 49.0 Å². The minimum Gasteiger partial charge on any atom is -0.384 e. The van der Waals surface area contributed by atoms with Crippen LogP contribution in [0.25, 0.3) is 21.8 Å². The first-order valence-electron chi connectivity index (χ1n) is 12.6. The van der Waals surface area contributed by atoms with Gasteiger partial charge in [0.05, 0.1) is 21.6 Å². The number of hydrogen-bond acceptors (Lipinski definition) is 5. The monoisotopic (exact) mass is 540 g/mol.